The Balaban J connectivity index is 0.00000220. The number of hydrogen-bond donors (Lipinski definition) is 1. The van der Waals surface area contributed by atoms with E-state index in [-0.39, 0.29) is 25.4 Å². The SMILES string of the molecule is C.[NH3+][C@@H](Cc1ccc(C(=O)C2CCCC2=O)cc1)C(=O)[O-]. The van der Waals surface area contributed by atoms with Crippen LogP contribution in [0.2, 0.25) is 0 Å². The summed E-state index contributed by atoms with van der Waals surface area (Å²) >= 11 is 0. The van der Waals surface area contributed by atoms with Crippen LogP contribution in [0, 0.1) is 5.92 Å². The van der Waals surface area contributed by atoms with E-state index in [1.54, 1.807) is 24.3 Å². The first-order chi connectivity index (χ1) is 9.49. The molecule has 21 heavy (non-hydrogen) atoms. The summed E-state index contributed by atoms with van der Waals surface area (Å²) in [5, 5.41) is 10.6. The zero-order valence-corrected chi connectivity index (χ0v) is 11.1. The van der Waals surface area contributed by atoms with E-state index < -0.39 is 17.9 Å². The van der Waals surface area contributed by atoms with Gasteiger partial charge in [0.1, 0.15) is 11.8 Å². The largest absolute Gasteiger partial charge is 0.544 e. The Morgan fingerprint density at radius 3 is 2.38 bits per heavy atom. The lowest BCUT2D eigenvalue weighted by atomic mass is 9.94. The Bertz CT molecular complexity index is 536. The number of carboxylic acids is 1. The minimum absolute atomic E-state index is 0. The summed E-state index contributed by atoms with van der Waals surface area (Å²) in [5.74, 6) is -1.80. The first-order valence-electron chi connectivity index (χ1n) is 6.69. The number of Topliss-reactive ketones (excluding diaryl/α,β-unsaturated/α-hetero) is 2. The summed E-state index contributed by atoms with van der Waals surface area (Å²) in [4.78, 5) is 34.4. The minimum Gasteiger partial charge on any atom is -0.544 e. The molecule has 2 rings (SSSR count). The summed E-state index contributed by atoms with van der Waals surface area (Å²) in [7, 11) is 0. The van der Waals surface area contributed by atoms with Gasteiger partial charge in [-0.25, -0.2) is 0 Å². The molecule has 0 saturated heterocycles. The molecule has 3 N–H and O–H groups in total. The van der Waals surface area contributed by atoms with Crippen LogP contribution in [-0.2, 0) is 16.0 Å². The maximum Gasteiger partial charge on any atom is 0.173 e. The van der Waals surface area contributed by atoms with Crippen LogP contribution in [0.4, 0.5) is 0 Å². The van der Waals surface area contributed by atoms with Crippen molar-refractivity contribution in [2.75, 3.05) is 0 Å². The van der Waals surface area contributed by atoms with E-state index in [0.29, 0.717) is 18.4 Å². The van der Waals surface area contributed by atoms with Crippen molar-refractivity contribution in [1.82, 2.24) is 0 Å². The van der Waals surface area contributed by atoms with Crippen molar-refractivity contribution in [3.8, 4) is 0 Å². The van der Waals surface area contributed by atoms with E-state index in [0.717, 1.165) is 12.0 Å². The van der Waals surface area contributed by atoms with Gasteiger partial charge < -0.3 is 15.6 Å². The lowest BCUT2D eigenvalue weighted by Gasteiger charge is -2.10. The summed E-state index contributed by atoms with van der Waals surface area (Å²) < 4.78 is 0. The van der Waals surface area contributed by atoms with E-state index in [9.17, 15) is 19.5 Å². The maximum atomic E-state index is 12.2. The van der Waals surface area contributed by atoms with Gasteiger partial charge in [-0.15, -0.1) is 0 Å². The Hall–Kier alpha value is -2.01. The number of carbonyl (C=O) groups is 3. The lowest BCUT2D eigenvalue weighted by Crippen LogP contribution is -2.69. The van der Waals surface area contributed by atoms with Gasteiger partial charge in [-0.05, 0) is 18.4 Å². The molecule has 0 heterocycles. The third-order valence-electron chi connectivity index (χ3n) is 3.68. The van der Waals surface area contributed by atoms with Crippen LogP contribution in [0.15, 0.2) is 24.3 Å². The van der Waals surface area contributed by atoms with Gasteiger partial charge in [0.05, 0.1) is 11.9 Å². The summed E-state index contributed by atoms with van der Waals surface area (Å²) in [6.07, 6.45) is 2.16. The predicted molar refractivity (Wildman–Crippen MR) is 75.2 cm³/mol. The number of carboxylic acid groups (broad SMARTS) is 1. The number of carbonyl (C=O) groups excluding carboxylic acids is 3. The van der Waals surface area contributed by atoms with Crippen LogP contribution >= 0.6 is 0 Å². The number of quaternary nitrogens is 1. The smallest absolute Gasteiger partial charge is 0.173 e. The standard InChI is InChI=1S/C15H17NO4.CH4/c16-12(15(19)20)8-9-4-6-10(7-5-9)14(18)11-2-1-3-13(11)17;/h4-7,11-12H,1-3,8,16H2,(H,19,20);1H4/t11?,12-;/m0./s1. The average molecular weight is 291 g/mol. The fourth-order valence-corrected chi connectivity index (χ4v) is 2.47. The Labute approximate surface area is 124 Å². The number of rotatable bonds is 5. The van der Waals surface area contributed by atoms with Crippen molar-refractivity contribution in [1.29, 1.82) is 0 Å². The number of aliphatic carboxylic acids is 1. The van der Waals surface area contributed by atoms with Crippen molar-refractivity contribution in [3.63, 3.8) is 0 Å². The first-order valence-corrected chi connectivity index (χ1v) is 6.69. The van der Waals surface area contributed by atoms with Crippen molar-refractivity contribution in [3.05, 3.63) is 35.4 Å². The molecule has 0 aromatic heterocycles. The Morgan fingerprint density at radius 1 is 1.29 bits per heavy atom. The van der Waals surface area contributed by atoms with Gasteiger partial charge >= 0.3 is 0 Å². The highest BCUT2D eigenvalue weighted by molar-refractivity contribution is 6.11. The first kappa shape index (κ1) is 17.0. The van der Waals surface area contributed by atoms with E-state index in [1.807, 2.05) is 0 Å². The van der Waals surface area contributed by atoms with Gasteiger partial charge in [-0.2, -0.15) is 0 Å². The van der Waals surface area contributed by atoms with Crippen LogP contribution in [-0.4, -0.2) is 23.6 Å². The zero-order valence-electron chi connectivity index (χ0n) is 11.1. The van der Waals surface area contributed by atoms with Gasteiger partial charge in [0.15, 0.2) is 5.78 Å². The maximum absolute atomic E-state index is 12.2. The van der Waals surface area contributed by atoms with E-state index in [1.165, 1.54) is 0 Å². The molecule has 1 aromatic carbocycles. The molecule has 1 aromatic rings. The molecule has 0 amide bonds. The van der Waals surface area contributed by atoms with Crippen molar-refractivity contribution in [2.45, 2.75) is 39.2 Å². The molecule has 0 bridgehead atoms. The van der Waals surface area contributed by atoms with Crippen molar-refractivity contribution in [2.24, 2.45) is 5.92 Å². The Kier molecular flexibility index (Phi) is 5.79. The highest BCUT2D eigenvalue weighted by Crippen LogP contribution is 2.25. The summed E-state index contributed by atoms with van der Waals surface area (Å²) in [6, 6.07) is 5.88. The molecule has 114 valence electrons. The van der Waals surface area contributed by atoms with E-state index >= 15 is 0 Å². The molecule has 1 fully saturated rings. The molecule has 5 heteroatoms. The fraction of sp³-hybridized carbons (Fsp3) is 0.438. The van der Waals surface area contributed by atoms with Crippen LogP contribution in [0.3, 0.4) is 0 Å². The molecule has 1 unspecified atom stereocenters. The van der Waals surface area contributed by atoms with Gasteiger partial charge in [-0.3, -0.25) is 9.59 Å². The van der Waals surface area contributed by atoms with Gasteiger partial charge in [-0.1, -0.05) is 31.7 Å². The predicted octanol–water partition coefficient (Wildman–Crippen LogP) is -0.222. The molecule has 1 aliphatic rings. The van der Waals surface area contributed by atoms with Crippen LogP contribution in [0.1, 0.15) is 42.6 Å². The molecule has 2 atom stereocenters. The van der Waals surface area contributed by atoms with Crippen LogP contribution in [0.25, 0.3) is 0 Å². The average Bonchev–Trinajstić information content (AvgIpc) is 2.85. The molecular weight excluding hydrogens is 270 g/mol. The quantitative estimate of drug-likeness (QED) is 0.598. The number of ketones is 2. The van der Waals surface area contributed by atoms with Gasteiger partial charge in [0, 0.05) is 18.4 Å². The summed E-state index contributed by atoms with van der Waals surface area (Å²) in [5.41, 5.74) is 4.77. The topological polar surface area (TPSA) is 102 Å². The second kappa shape index (κ2) is 7.13. The Morgan fingerprint density at radius 2 is 1.90 bits per heavy atom. The number of benzene rings is 1. The fourth-order valence-electron chi connectivity index (χ4n) is 2.47. The molecule has 0 aliphatic heterocycles. The van der Waals surface area contributed by atoms with Crippen molar-refractivity contribution < 1.29 is 25.2 Å². The normalized spacial score (nSPS) is 18.9. The third-order valence-corrected chi connectivity index (χ3v) is 3.68. The molecule has 5 nitrogen and oxygen atoms in total. The minimum atomic E-state index is -1.19. The highest BCUT2D eigenvalue weighted by atomic mass is 16.4. The van der Waals surface area contributed by atoms with Gasteiger partial charge in [0.25, 0.3) is 0 Å². The van der Waals surface area contributed by atoms with E-state index in [2.05, 4.69) is 5.73 Å². The molecule has 0 radical (unpaired) electrons. The van der Waals surface area contributed by atoms with Crippen LogP contribution < -0.4 is 10.8 Å². The van der Waals surface area contributed by atoms with Crippen molar-refractivity contribution >= 4 is 17.5 Å². The second-order valence-electron chi connectivity index (χ2n) is 5.19. The highest BCUT2D eigenvalue weighted by Gasteiger charge is 2.31. The molecule has 1 aliphatic carbocycles. The van der Waals surface area contributed by atoms with E-state index in [4.69, 9.17) is 0 Å². The summed E-state index contributed by atoms with van der Waals surface area (Å²) in [6.45, 7) is 0. The monoisotopic (exact) mass is 291 g/mol. The molecule has 0 spiro atoms. The number of hydrogen-bond acceptors (Lipinski definition) is 4. The zero-order chi connectivity index (χ0) is 14.7. The lowest BCUT2D eigenvalue weighted by molar-refractivity contribution is -0.437. The van der Waals surface area contributed by atoms with Crippen LogP contribution in [0.5, 0.6) is 0 Å². The second-order valence-corrected chi connectivity index (χ2v) is 5.19. The molecule has 1 saturated carbocycles. The third kappa shape index (κ3) is 3.98. The van der Waals surface area contributed by atoms with Gasteiger partial charge in [0.2, 0.25) is 0 Å². The molecular formula is C16H21NO4.